The molecular formula is C18H25FN4. The van der Waals surface area contributed by atoms with E-state index in [1.54, 1.807) is 6.07 Å². The summed E-state index contributed by atoms with van der Waals surface area (Å²) in [5.74, 6) is 0.780. The molecule has 4 nitrogen and oxygen atoms in total. The van der Waals surface area contributed by atoms with Crippen LogP contribution in [0.5, 0.6) is 0 Å². The SMILES string of the molecule is CCn1c(CN2CC[C@H](N3CCCC3)C2)nc2c(F)cccc21. The van der Waals surface area contributed by atoms with Crippen molar-refractivity contribution >= 4 is 11.0 Å². The van der Waals surface area contributed by atoms with Crippen molar-refractivity contribution in [2.45, 2.75) is 45.3 Å². The molecule has 2 saturated heterocycles. The first-order valence-electron chi connectivity index (χ1n) is 8.86. The van der Waals surface area contributed by atoms with Gasteiger partial charge in [0.15, 0.2) is 5.82 Å². The molecule has 23 heavy (non-hydrogen) atoms. The van der Waals surface area contributed by atoms with Crippen molar-refractivity contribution in [3.63, 3.8) is 0 Å². The normalized spacial score (nSPS) is 23.3. The molecule has 0 amide bonds. The summed E-state index contributed by atoms with van der Waals surface area (Å²) >= 11 is 0. The van der Waals surface area contributed by atoms with Gasteiger partial charge in [0.05, 0.1) is 12.1 Å². The van der Waals surface area contributed by atoms with Gasteiger partial charge in [0, 0.05) is 25.7 Å². The number of rotatable bonds is 4. The fraction of sp³-hybridized carbons (Fsp3) is 0.611. The van der Waals surface area contributed by atoms with E-state index in [0.717, 1.165) is 37.5 Å². The molecule has 2 fully saturated rings. The fourth-order valence-electron chi connectivity index (χ4n) is 4.20. The van der Waals surface area contributed by atoms with Gasteiger partial charge < -0.3 is 4.57 Å². The molecule has 0 aliphatic carbocycles. The number of likely N-dealkylation sites (tertiary alicyclic amines) is 2. The van der Waals surface area contributed by atoms with Gasteiger partial charge in [-0.2, -0.15) is 0 Å². The zero-order chi connectivity index (χ0) is 15.8. The van der Waals surface area contributed by atoms with Crippen LogP contribution in [0.25, 0.3) is 11.0 Å². The van der Waals surface area contributed by atoms with E-state index in [1.165, 1.54) is 38.4 Å². The Kier molecular flexibility index (Phi) is 4.07. The third-order valence-corrected chi connectivity index (χ3v) is 5.39. The van der Waals surface area contributed by atoms with Crippen LogP contribution in [0.3, 0.4) is 0 Å². The van der Waals surface area contributed by atoms with E-state index in [9.17, 15) is 4.39 Å². The van der Waals surface area contributed by atoms with E-state index in [2.05, 4.69) is 26.3 Å². The van der Waals surface area contributed by atoms with E-state index >= 15 is 0 Å². The Labute approximate surface area is 136 Å². The van der Waals surface area contributed by atoms with Crippen molar-refractivity contribution in [2.75, 3.05) is 26.2 Å². The van der Waals surface area contributed by atoms with Crippen LogP contribution in [0.4, 0.5) is 4.39 Å². The highest BCUT2D eigenvalue weighted by molar-refractivity contribution is 5.76. The van der Waals surface area contributed by atoms with Gasteiger partial charge in [-0.05, 0) is 51.4 Å². The maximum atomic E-state index is 14.0. The van der Waals surface area contributed by atoms with Crippen LogP contribution in [-0.4, -0.2) is 51.6 Å². The molecule has 3 heterocycles. The summed E-state index contributed by atoms with van der Waals surface area (Å²) in [6.45, 7) is 8.53. The summed E-state index contributed by atoms with van der Waals surface area (Å²) < 4.78 is 16.2. The number of para-hydroxylation sites is 1. The van der Waals surface area contributed by atoms with Gasteiger partial charge in [0.25, 0.3) is 0 Å². The van der Waals surface area contributed by atoms with Gasteiger partial charge >= 0.3 is 0 Å². The van der Waals surface area contributed by atoms with Crippen molar-refractivity contribution in [3.05, 3.63) is 29.8 Å². The molecule has 0 radical (unpaired) electrons. The summed E-state index contributed by atoms with van der Waals surface area (Å²) in [5, 5.41) is 0. The van der Waals surface area contributed by atoms with Gasteiger partial charge in [-0.3, -0.25) is 9.80 Å². The molecule has 4 rings (SSSR count). The summed E-state index contributed by atoms with van der Waals surface area (Å²) in [6.07, 6.45) is 3.95. The highest BCUT2D eigenvalue weighted by Gasteiger charge is 2.30. The molecule has 0 N–H and O–H groups in total. The average molecular weight is 316 g/mol. The molecular weight excluding hydrogens is 291 g/mol. The zero-order valence-electron chi connectivity index (χ0n) is 13.8. The number of nitrogens with zero attached hydrogens (tertiary/aromatic N) is 4. The molecule has 1 aromatic carbocycles. The lowest BCUT2D eigenvalue weighted by Crippen LogP contribution is -2.35. The lowest BCUT2D eigenvalue weighted by atomic mass is 10.2. The van der Waals surface area contributed by atoms with E-state index in [4.69, 9.17) is 0 Å². The fourth-order valence-corrected chi connectivity index (χ4v) is 4.20. The second-order valence-electron chi connectivity index (χ2n) is 6.80. The topological polar surface area (TPSA) is 24.3 Å². The Hall–Kier alpha value is -1.46. The van der Waals surface area contributed by atoms with Gasteiger partial charge in [-0.25, -0.2) is 9.37 Å². The van der Waals surface area contributed by atoms with Crippen LogP contribution in [0.1, 0.15) is 32.0 Å². The van der Waals surface area contributed by atoms with E-state index in [1.807, 2.05) is 6.07 Å². The highest BCUT2D eigenvalue weighted by Crippen LogP contribution is 2.24. The number of fused-ring (bicyclic) bond motifs is 1. The Morgan fingerprint density at radius 3 is 2.83 bits per heavy atom. The molecule has 0 bridgehead atoms. The van der Waals surface area contributed by atoms with Crippen LogP contribution in [0, 0.1) is 5.82 Å². The minimum Gasteiger partial charge on any atom is -0.327 e. The molecule has 124 valence electrons. The molecule has 0 saturated carbocycles. The number of imidazole rings is 1. The largest absolute Gasteiger partial charge is 0.327 e. The maximum absolute atomic E-state index is 14.0. The van der Waals surface area contributed by atoms with Gasteiger partial charge in [0.1, 0.15) is 11.3 Å². The summed E-state index contributed by atoms with van der Waals surface area (Å²) in [7, 11) is 0. The van der Waals surface area contributed by atoms with E-state index < -0.39 is 0 Å². The number of halogens is 1. The Morgan fingerprint density at radius 2 is 2.04 bits per heavy atom. The first-order chi connectivity index (χ1) is 11.3. The van der Waals surface area contributed by atoms with E-state index in [0.29, 0.717) is 11.6 Å². The average Bonchev–Trinajstić information content (AvgIpc) is 3.26. The predicted octanol–water partition coefficient (Wildman–Crippen LogP) is 2.87. The summed E-state index contributed by atoms with van der Waals surface area (Å²) in [6, 6.07) is 5.94. The molecule has 5 heteroatoms. The predicted molar refractivity (Wildman–Crippen MR) is 89.9 cm³/mol. The van der Waals surface area contributed by atoms with Crippen molar-refractivity contribution in [3.8, 4) is 0 Å². The lowest BCUT2D eigenvalue weighted by Gasteiger charge is -2.23. The minimum absolute atomic E-state index is 0.215. The van der Waals surface area contributed by atoms with Crippen molar-refractivity contribution in [2.24, 2.45) is 0 Å². The minimum atomic E-state index is -0.215. The lowest BCUT2D eigenvalue weighted by molar-refractivity contribution is 0.227. The standard InChI is InChI=1S/C18H25FN4/c1-2-23-16-7-5-6-15(19)18(16)20-17(23)13-21-11-8-14(12-21)22-9-3-4-10-22/h5-7,14H,2-4,8-13H2,1H3/t14-/m0/s1. The molecule has 1 atom stereocenters. The first kappa shape index (κ1) is 15.1. The summed E-state index contributed by atoms with van der Waals surface area (Å²) in [4.78, 5) is 9.72. The molecule has 1 aromatic heterocycles. The Bertz CT molecular complexity index is 690. The molecule has 2 aliphatic heterocycles. The van der Waals surface area contributed by atoms with Crippen molar-refractivity contribution in [1.82, 2.24) is 19.4 Å². The third kappa shape index (κ3) is 2.76. The highest BCUT2D eigenvalue weighted by atomic mass is 19.1. The first-order valence-corrected chi connectivity index (χ1v) is 8.86. The smallest absolute Gasteiger partial charge is 0.151 e. The Morgan fingerprint density at radius 1 is 1.22 bits per heavy atom. The number of aryl methyl sites for hydroxylation is 1. The molecule has 2 aliphatic rings. The Balaban J connectivity index is 1.53. The number of hydrogen-bond acceptors (Lipinski definition) is 3. The van der Waals surface area contributed by atoms with Crippen LogP contribution in [-0.2, 0) is 13.1 Å². The molecule has 2 aromatic rings. The van der Waals surface area contributed by atoms with Crippen molar-refractivity contribution < 1.29 is 4.39 Å². The van der Waals surface area contributed by atoms with E-state index in [-0.39, 0.29) is 5.82 Å². The second kappa shape index (κ2) is 6.21. The summed E-state index contributed by atoms with van der Waals surface area (Å²) in [5.41, 5.74) is 1.43. The monoisotopic (exact) mass is 316 g/mol. The second-order valence-corrected chi connectivity index (χ2v) is 6.80. The maximum Gasteiger partial charge on any atom is 0.151 e. The molecule has 0 unspecified atom stereocenters. The van der Waals surface area contributed by atoms with Crippen LogP contribution in [0.2, 0.25) is 0 Å². The number of hydrogen-bond donors (Lipinski definition) is 0. The van der Waals surface area contributed by atoms with Crippen LogP contribution < -0.4 is 0 Å². The van der Waals surface area contributed by atoms with Gasteiger partial charge in [-0.1, -0.05) is 6.07 Å². The number of aromatic nitrogens is 2. The van der Waals surface area contributed by atoms with Crippen molar-refractivity contribution in [1.29, 1.82) is 0 Å². The van der Waals surface area contributed by atoms with Gasteiger partial charge in [0.2, 0.25) is 0 Å². The zero-order valence-corrected chi connectivity index (χ0v) is 13.8. The van der Waals surface area contributed by atoms with Crippen LogP contribution >= 0.6 is 0 Å². The number of benzene rings is 1. The van der Waals surface area contributed by atoms with Crippen LogP contribution in [0.15, 0.2) is 18.2 Å². The molecule has 0 spiro atoms. The third-order valence-electron chi connectivity index (χ3n) is 5.39. The quantitative estimate of drug-likeness (QED) is 0.867. The van der Waals surface area contributed by atoms with Gasteiger partial charge in [-0.15, -0.1) is 0 Å².